The molecule has 0 aromatic heterocycles. The van der Waals surface area contributed by atoms with E-state index in [1.807, 2.05) is 48.5 Å². The van der Waals surface area contributed by atoms with Crippen LogP contribution in [-0.4, -0.2) is 13.2 Å². The molecule has 0 radical (unpaired) electrons. The zero-order chi connectivity index (χ0) is 37.6. The summed E-state index contributed by atoms with van der Waals surface area (Å²) in [6, 6.07) is 27.1. The monoisotopic (exact) mass is 734 g/mol. The molecule has 0 spiro atoms. The number of fused-ring (bicyclic) bond motifs is 3. The largest absolute Gasteiger partial charge is 0.488 e. The van der Waals surface area contributed by atoms with E-state index in [-0.39, 0.29) is 24.7 Å². The first-order valence-corrected chi connectivity index (χ1v) is 16.3. The molecule has 0 saturated carbocycles. The Kier molecular flexibility index (Phi) is 9.23. The van der Waals surface area contributed by atoms with Crippen molar-refractivity contribution in [1.29, 1.82) is 0 Å². The molecule has 0 amide bonds. The van der Waals surface area contributed by atoms with Crippen LogP contribution in [0, 0.1) is 46.5 Å². The van der Waals surface area contributed by atoms with Crippen LogP contribution in [0.3, 0.4) is 0 Å². The summed E-state index contributed by atoms with van der Waals surface area (Å²) in [4.78, 5) is 0. The SMILES string of the molecule is CCOc1c(F)c(F)c(Oc2ccc(C3(c4ccc(Oc5c(F)c(F)c(OCC)c(F)c5F)cc4)c4ccccc4-c4ccccc43)cc2)c(F)c1F. The third-order valence-corrected chi connectivity index (χ3v) is 8.91. The van der Waals surface area contributed by atoms with Crippen molar-refractivity contribution in [2.24, 2.45) is 0 Å². The van der Waals surface area contributed by atoms with Crippen molar-refractivity contribution in [3.05, 3.63) is 166 Å². The van der Waals surface area contributed by atoms with Crippen LogP contribution >= 0.6 is 0 Å². The fraction of sp³-hybridized carbons (Fsp3) is 0.122. The Morgan fingerprint density at radius 1 is 0.396 bits per heavy atom. The lowest BCUT2D eigenvalue weighted by atomic mass is 9.68. The maximum atomic E-state index is 14.9. The summed E-state index contributed by atoms with van der Waals surface area (Å²) >= 11 is 0. The molecule has 0 aliphatic heterocycles. The molecule has 0 fully saturated rings. The maximum absolute atomic E-state index is 14.9. The Morgan fingerprint density at radius 2 is 0.698 bits per heavy atom. The predicted octanol–water partition coefficient (Wildman–Crippen LogP) is 11.5. The minimum atomic E-state index is -1.77. The lowest BCUT2D eigenvalue weighted by Gasteiger charge is -2.34. The number of ether oxygens (including phenoxy) is 4. The number of hydrogen-bond acceptors (Lipinski definition) is 4. The van der Waals surface area contributed by atoms with Crippen LogP contribution in [0.15, 0.2) is 97.1 Å². The zero-order valence-electron chi connectivity index (χ0n) is 27.8. The summed E-state index contributed by atoms with van der Waals surface area (Å²) < 4.78 is 138. The number of hydrogen-bond donors (Lipinski definition) is 0. The van der Waals surface area contributed by atoms with Crippen LogP contribution < -0.4 is 18.9 Å². The van der Waals surface area contributed by atoms with Crippen molar-refractivity contribution in [3.8, 4) is 45.6 Å². The Balaban J connectivity index is 1.32. The molecule has 0 saturated heterocycles. The van der Waals surface area contributed by atoms with Gasteiger partial charge in [0.25, 0.3) is 0 Å². The van der Waals surface area contributed by atoms with Gasteiger partial charge in [-0.25, -0.2) is 0 Å². The molecular weight excluding hydrogens is 708 g/mol. The molecule has 6 aromatic carbocycles. The molecule has 6 aromatic rings. The average Bonchev–Trinajstić information content (AvgIpc) is 3.48. The fourth-order valence-corrected chi connectivity index (χ4v) is 6.71. The fourth-order valence-electron chi connectivity index (χ4n) is 6.71. The number of rotatable bonds is 10. The molecule has 0 N–H and O–H groups in total. The summed E-state index contributed by atoms with van der Waals surface area (Å²) in [6.07, 6.45) is 0. The highest BCUT2D eigenvalue weighted by molar-refractivity contribution is 5.86. The topological polar surface area (TPSA) is 36.9 Å². The lowest BCUT2D eigenvalue weighted by Crippen LogP contribution is -2.28. The zero-order valence-corrected chi connectivity index (χ0v) is 27.8. The molecule has 1 aliphatic rings. The van der Waals surface area contributed by atoms with Crippen molar-refractivity contribution in [3.63, 3.8) is 0 Å². The summed E-state index contributed by atoms with van der Waals surface area (Å²) in [5, 5.41) is 0. The molecule has 0 atom stereocenters. The van der Waals surface area contributed by atoms with E-state index in [1.54, 1.807) is 24.3 Å². The Bertz CT molecular complexity index is 2140. The third-order valence-electron chi connectivity index (χ3n) is 8.91. The van der Waals surface area contributed by atoms with Gasteiger partial charge in [-0.15, -0.1) is 0 Å². The van der Waals surface area contributed by atoms with Gasteiger partial charge in [0.2, 0.25) is 58.0 Å². The van der Waals surface area contributed by atoms with Gasteiger partial charge < -0.3 is 18.9 Å². The smallest absolute Gasteiger partial charge is 0.208 e. The normalized spacial score (nSPS) is 12.6. The first-order chi connectivity index (χ1) is 25.5. The van der Waals surface area contributed by atoms with Crippen LogP contribution in [0.2, 0.25) is 0 Å². The van der Waals surface area contributed by atoms with Gasteiger partial charge >= 0.3 is 0 Å². The van der Waals surface area contributed by atoms with Crippen molar-refractivity contribution >= 4 is 0 Å². The lowest BCUT2D eigenvalue weighted by molar-refractivity contribution is 0.277. The van der Waals surface area contributed by atoms with E-state index in [4.69, 9.17) is 18.9 Å². The van der Waals surface area contributed by atoms with Gasteiger partial charge in [0, 0.05) is 0 Å². The minimum Gasteiger partial charge on any atom is -0.488 e. The van der Waals surface area contributed by atoms with E-state index in [2.05, 4.69) is 0 Å². The molecular formula is C41H26F8O4. The van der Waals surface area contributed by atoms with Crippen molar-refractivity contribution in [1.82, 2.24) is 0 Å². The molecule has 7 rings (SSSR count). The summed E-state index contributed by atoms with van der Waals surface area (Å²) in [5.74, 6) is -19.3. The highest BCUT2D eigenvalue weighted by Crippen LogP contribution is 2.56. The van der Waals surface area contributed by atoms with Gasteiger partial charge in [-0.1, -0.05) is 72.8 Å². The Hall–Kier alpha value is -6.04. The maximum Gasteiger partial charge on any atom is 0.208 e. The van der Waals surface area contributed by atoms with Crippen molar-refractivity contribution in [2.45, 2.75) is 19.3 Å². The van der Waals surface area contributed by atoms with Gasteiger partial charge in [0.05, 0.1) is 18.6 Å². The molecule has 270 valence electrons. The van der Waals surface area contributed by atoms with Crippen LogP contribution in [0.5, 0.6) is 34.5 Å². The first kappa shape index (κ1) is 35.4. The number of halogens is 8. The third kappa shape index (κ3) is 5.60. The molecule has 12 heteroatoms. The minimum absolute atomic E-state index is 0.146. The second-order valence-electron chi connectivity index (χ2n) is 11.8. The van der Waals surface area contributed by atoms with Gasteiger partial charge in [-0.2, -0.15) is 35.1 Å². The molecule has 1 aliphatic carbocycles. The van der Waals surface area contributed by atoms with E-state index in [1.165, 1.54) is 38.1 Å². The second kappa shape index (κ2) is 13.8. The Morgan fingerprint density at radius 3 is 1.02 bits per heavy atom. The van der Waals surface area contributed by atoms with E-state index in [0.717, 1.165) is 22.3 Å². The van der Waals surface area contributed by atoms with E-state index < -0.39 is 75.0 Å². The summed E-state index contributed by atoms with van der Waals surface area (Å²) in [6.45, 7) is 2.32. The van der Waals surface area contributed by atoms with E-state index in [9.17, 15) is 35.1 Å². The molecule has 0 unspecified atom stereocenters. The van der Waals surface area contributed by atoms with Crippen molar-refractivity contribution < 1.29 is 54.1 Å². The van der Waals surface area contributed by atoms with Crippen LogP contribution in [0.25, 0.3) is 11.1 Å². The molecule has 0 heterocycles. The van der Waals surface area contributed by atoms with Gasteiger partial charge in [0.15, 0.2) is 11.5 Å². The second-order valence-corrected chi connectivity index (χ2v) is 11.8. The highest BCUT2D eigenvalue weighted by Gasteiger charge is 2.46. The first-order valence-electron chi connectivity index (χ1n) is 16.3. The summed E-state index contributed by atoms with van der Waals surface area (Å²) in [5.41, 5.74) is 3.58. The average molecular weight is 735 g/mol. The van der Waals surface area contributed by atoms with Crippen LogP contribution in [0.4, 0.5) is 35.1 Å². The molecule has 0 bridgehead atoms. The van der Waals surface area contributed by atoms with Gasteiger partial charge in [-0.3, -0.25) is 0 Å². The van der Waals surface area contributed by atoms with Crippen molar-refractivity contribution in [2.75, 3.05) is 13.2 Å². The molecule has 53 heavy (non-hydrogen) atoms. The Labute approximate surface area is 297 Å². The molecule has 4 nitrogen and oxygen atoms in total. The number of benzene rings is 6. The van der Waals surface area contributed by atoms with Crippen LogP contribution in [-0.2, 0) is 5.41 Å². The van der Waals surface area contributed by atoms with Crippen LogP contribution in [0.1, 0.15) is 36.1 Å². The highest BCUT2D eigenvalue weighted by atomic mass is 19.2. The standard InChI is InChI=1S/C41H26F8O4/c1-3-50-37-29(42)33(46)39(34(47)30(37)43)52-23-17-13-21(14-18-23)41(27-11-7-5-9-25(27)26-10-6-8-12-28(26)41)22-15-19-24(20-16-22)53-40-35(48)31(44)38(51-4-2)32(45)36(40)49/h5-20H,3-4H2,1-2H3. The van der Waals surface area contributed by atoms with Gasteiger partial charge in [-0.05, 0) is 71.5 Å². The van der Waals surface area contributed by atoms with E-state index in [0.29, 0.717) is 11.1 Å². The summed E-state index contributed by atoms with van der Waals surface area (Å²) in [7, 11) is 0. The van der Waals surface area contributed by atoms with Gasteiger partial charge in [0.1, 0.15) is 11.5 Å². The quantitative estimate of drug-likeness (QED) is 0.104. The predicted molar refractivity (Wildman–Crippen MR) is 179 cm³/mol. The van der Waals surface area contributed by atoms with E-state index >= 15 is 0 Å².